The Morgan fingerprint density at radius 1 is 1.17 bits per heavy atom. The lowest BCUT2D eigenvalue weighted by Gasteiger charge is -2.32. The van der Waals surface area contributed by atoms with Crippen molar-refractivity contribution in [3.05, 3.63) is 77.7 Å². The number of fused-ring (bicyclic) bond motifs is 1. The largest absolute Gasteiger partial charge is 0.467 e. The fourth-order valence-corrected chi connectivity index (χ4v) is 7.17. The van der Waals surface area contributed by atoms with E-state index in [2.05, 4.69) is 4.98 Å². The molecular formula is C26H27N3O4S2. The number of aryl methyl sites for hydroxylation is 1. The van der Waals surface area contributed by atoms with Gasteiger partial charge in [0.15, 0.2) is 5.13 Å². The number of piperidine rings is 1. The predicted molar refractivity (Wildman–Crippen MR) is 137 cm³/mol. The van der Waals surface area contributed by atoms with Gasteiger partial charge in [0.25, 0.3) is 5.91 Å². The molecule has 2 aromatic heterocycles. The number of aromatic nitrogens is 1. The van der Waals surface area contributed by atoms with E-state index in [4.69, 9.17) is 4.42 Å². The lowest BCUT2D eigenvalue weighted by molar-refractivity contribution is 0.0983. The molecule has 1 fully saturated rings. The van der Waals surface area contributed by atoms with Crippen LogP contribution in [0.4, 0.5) is 5.13 Å². The molecule has 0 spiro atoms. The molecule has 7 nitrogen and oxygen atoms in total. The van der Waals surface area contributed by atoms with Crippen molar-refractivity contribution < 1.29 is 17.6 Å². The second-order valence-corrected chi connectivity index (χ2v) is 11.8. The molecule has 1 amide bonds. The number of thiazole rings is 1. The summed E-state index contributed by atoms with van der Waals surface area (Å²) in [5.74, 6) is 0.361. The summed E-state index contributed by atoms with van der Waals surface area (Å²) in [6.45, 7) is 4.71. The number of carbonyl (C=O) groups is 1. The quantitative estimate of drug-likeness (QED) is 0.337. The summed E-state index contributed by atoms with van der Waals surface area (Å²) in [6, 6.07) is 15.8. The average molecular weight is 510 g/mol. The van der Waals surface area contributed by atoms with Gasteiger partial charge in [-0.1, -0.05) is 23.8 Å². The number of benzene rings is 2. The topological polar surface area (TPSA) is 83.7 Å². The van der Waals surface area contributed by atoms with Crippen molar-refractivity contribution in [3.63, 3.8) is 0 Å². The highest BCUT2D eigenvalue weighted by molar-refractivity contribution is 7.89. The van der Waals surface area contributed by atoms with E-state index in [-0.39, 0.29) is 23.4 Å². The van der Waals surface area contributed by atoms with Crippen molar-refractivity contribution in [1.82, 2.24) is 9.29 Å². The lowest BCUT2D eigenvalue weighted by Crippen LogP contribution is -2.41. The Morgan fingerprint density at radius 3 is 2.69 bits per heavy atom. The summed E-state index contributed by atoms with van der Waals surface area (Å²) >= 11 is 1.44. The van der Waals surface area contributed by atoms with Crippen molar-refractivity contribution in [1.29, 1.82) is 0 Å². The van der Waals surface area contributed by atoms with Gasteiger partial charge in [-0.05, 0) is 80.8 Å². The first-order valence-electron chi connectivity index (χ1n) is 11.7. The first-order valence-corrected chi connectivity index (χ1v) is 13.9. The smallest absolute Gasteiger partial charge is 0.260 e. The maximum atomic E-state index is 13.6. The molecule has 1 atom stereocenters. The minimum absolute atomic E-state index is 0.0264. The molecule has 9 heteroatoms. The summed E-state index contributed by atoms with van der Waals surface area (Å²) in [5.41, 5.74) is 2.33. The van der Waals surface area contributed by atoms with Crippen LogP contribution in [0.5, 0.6) is 0 Å². The predicted octanol–water partition coefficient (Wildman–Crippen LogP) is 5.61. The zero-order valence-corrected chi connectivity index (χ0v) is 21.3. The fraction of sp³-hybridized carbons (Fsp3) is 0.308. The molecular weight excluding hydrogens is 482 g/mol. The molecule has 0 N–H and O–H groups in total. The second-order valence-electron chi connectivity index (χ2n) is 8.92. The fourth-order valence-electron chi connectivity index (χ4n) is 4.41. The van der Waals surface area contributed by atoms with Crippen molar-refractivity contribution in [3.8, 4) is 0 Å². The number of sulfonamides is 1. The Hall–Kier alpha value is -3.01. The summed E-state index contributed by atoms with van der Waals surface area (Å²) in [4.78, 5) is 20.1. The molecule has 1 aliphatic rings. The van der Waals surface area contributed by atoms with Gasteiger partial charge >= 0.3 is 0 Å². The molecule has 5 rings (SSSR count). The van der Waals surface area contributed by atoms with Crippen LogP contribution >= 0.6 is 11.3 Å². The summed E-state index contributed by atoms with van der Waals surface area (Å²) < 4.78 is 34.4. The SMILES string of the molecule is Cc1ccc2nc(N(Cc3ccco3)C(=O)c3ccc(S(=O)(=O)N4CCCCC4C)cc3)sc2c1. The van der Waals surface area contributed by atoms with E-state index >= 15 is 0 Å². The highest BCUT2D eigenvalue weighted by Gasteiger charge is 2.31. The Balaban J connectivity index is 1.46. The van der Waals surface area contributed by atoms with E-state index < -0.39 is 10.0 Å². The van der Waals surface area contributed by atoms with Gasteiger partial charge < -0.3 is 4.42 Å². The van der Waals surface area contributed by atoms with Crippen molar-refractivity contribution in [2.75, 3.05) is 11.4 Å². The molecule has 1 unspecified atom stereocenters. The highest BCUT2D eigenvalue weighted by atomic mass is 32.2. The number of rotatable bonds is 6. The monoisotopic (exact) mass is 509 g/mol. The van der Waals surface area contributed by atoms with Crippen LogP contribution in [0.2, 0.25) is 0 Å². The van der Waals surface area contributed by atoms with E-state index in [1.54, 1.807) is 33.7 Å². The van der Waals surface area contributed by atoms with Crippen LogP contribution in [-0.2, 0) is 16.6 Å². The van der Waals surface area contributed by atoms with Crippen molar-refractivity contribution in [2.45, 2.75) is 50.6 Å². The highest BCUT2D eigenvalue weighted by Crippen LogP contribution is 2.32. The van der Waals surface area contributed by atoms with Gasteiger partial charge in [0.1, 0.15) is 5.76 Å². The number of hydrogen-bond donors (Lipinski definition) is 0. The van der Waals surface area contributed by atoms with Crippen molar-refractivity contribution >= 4 is 42.6 Å². The molecule has 35 heavy (non-hydrogen) atoms. The van der Waals surface area contributed by atoms with Gasteiger partial charge in [-0.2, -0.15) is 4.31 Å². The van der Waals surface area contributed by atoms with Crippen LogP contribution < -0.4 is 4.90 Å². The van der Waals surface area contributed by atoms with Gasteiger partial charge in [-0.25, -0.2) is 13.4 Å². The maximum Gasteiger partial charge on any atom is 0.260 e. The second kappa shape index (κ2) is 9.56. The number of furan rings is 1. The molecule has 4 aromatic rings. The molecule has 182 valence electrons. The van der Waals surface area contributed by atoms with Gasteiger partial charge in [-0.15, -0.1) is 0 Å². The van der Waals surface area contributed by atoms with Crippen LogP contribution in [0, 0.1) is 6.92 Å². The number of amides is 1. The Morgan fingerprint density at radius 2 is 1.97 bits per heavy atom. The number of hydrogen-bond acceptors (Lipinski definition) is 6. The van der Waals surface area contributed by atoms with Crippen LogP contribution in [0.25, 0.3) is 10.2 Å². The first kappa shape index (κ1) is 23.7. The third-order valence-electron chi connectivity index (χ3n) is 6.35. The van der Waals surface area contributed by atoms with E-state index in [1.165, 1.54) is 23.5 Å². The Kier molecular flexibility index (Phi) is 6.48. The molecule has 2 aromatic carbocycles. The van der Waals surface area contributed by atoms with E-state index in [9.17, 15) is 13.2 Å². The van der Waals surface area contributed by atoms with Crippen LogP contribution in [-0.4, -0.2) is 36.2 Å². The van der Waals surface area contributed by atoms with Gasteiger partial charge in [-0.3, -0.25) is 9.69 Å². The molecule has 0 radical (unpaired) electrons. The standard InChI is InChI=1S/C26H27N3O4S2/c1-18-8-13-23-24(16-18)34-26(27-23)28(17-21-7-5-15-33-21)25(30)20-9-11-22(12-10-20)35(31,32)29-14-4-3-6-19(29)2/h5,7-13,15-16,19H,3-4,6,14,17H2,1-2H3. The lowest BCUT2D eigenvalue weighted by atomic mass is 10.1. The molecule has 0 bridgehead atoms. The molecule has 1 aliphatic heterocycles. The van der Waals surface area contributed by atoms with E-state index in [1.807, 2.05) is 38.1 Å². The van der Waals surface area contributed by atoms with Crippen LogP contribution in [0.15, 0.2) is 70.2 Å². The molecule has 3 heterocycles. The zero-order chi connectivity index (χ0) is 24.6. The minimum atomic E-state index is -3.61. The third kappa shape index (κ3) is 4.76. The number of nitrogens with zero attached hydrogens (tertiary/aromatic N) is 3. The minimum Gasteiger partial charge on any atom is -0.467 e. The van der Waals surface area contributed by atoms with E-state index in [0.717, 1.165) is 35.0 Å². The van der Waals surface area contributed by atoms with Gasteiger partial charge in [0, 0.05) is 18.2 Å². The number of carbonyl (C=O) groups excluding carboxylic acids is 1. The summed E-state index contributed by atoms with van der Waals surface area (Å²) in [7, 11) is -3.61. The summed E-state index contributed by atoms with van der Waals surface area (Å²) in [6.07, 6.45) is 4.33. The van der Waals surface area contributed by atoms with Gasteiger partial charge in [0.05, 0.1) is 27.9 Å². The maximum absolute atomic E-state index is 13.6. The Labute approximate surface area is 209 Å². The van der Waals surface area contributed by atoms with Crippen LogP contribution in [0.3, 0.4) is 0 Å². The zero-order valence-electron chi connectivity index (χ0n) is 19.7. The molecule has 0 saturated carbocycles. The van der Waals surface area contributed by atoms with Gasteiger partial charge in [0.2, 0.25) is 10.0 Å². The third-order valence-corrected chi connectivity index (χ3v) is 9.42. The Bertz CT molecular complexity index is 1440. The van der Waals surface area contributed by atoms with Crippen molar-refractivity contribution in [2.24, 2.45) is 0 Å². The average Bonchev–Trinajstić information content (AvgIpc) is 3.52. The first-order chi connectivity index (χ1) is 16.8. The molecule has 1 saturated heterocycles. The normalized spacial score (nSPS) is 17.0. The summed E-state index contributed by atoms with van der Waals surface area (Å²) in [5, 5.41) is 0.561. The number of anilines is 1. The van der Waals surface area contributed by atoms with Crippen LogP contribution in [0.1, 0.15) is 47.9 Å². The molecule has 0 aliphatic carbocycles. The van der Waals surface area contributed by atoms with E-state index in [0.29, 0.717) is 23.0 Å².